The Hall–Kier alpha value is -2.32. The maximum absolute atomic E-state index is 12.3. The van der Waals surface area contributed by atoms with Crippen molar-refractivity contribution in [3.8, 4) is 0 Å². The highest BCUT2D eigenvalue weighted by molar-refractivity contribution is 5.89. The summed E-state index contributed by atoms with van der Waals surface area (Å²) in [5, 5.41) is 9.37. The van der Waals surface area contributed by atoms with Crippen LogP contribution in [0.3, 0.4) is 0 Å². The second-order valence-electron chi connectivity index (χ2n) is 4.08. The Kier molecular flexibility index (Phi) is 3.77. The van der Waals surface area contributed by atoms with Gasteiger partial charge in [-0.3, -0.25) is 9.48 Å². The molecule has 2 aromatic rings. The molecule has 2 heterocycles. The minimum absolute atomic E-state index is 0.0229. The van der Waals surface area contributed by atoms with E-state index in [4.69, 9.17) is 4.52 Å². The van der Waals surface area contributed by atoms with Crippen LogP contribution in [0.1, 0.15) is 17.9 Å². The van der Waals surface area contributed by atoms with Crippen molar-refractivity contribution in [1.29, 1.82) is 0 Å². The number of halogens is 3. The fraction of sp³-hybridized carbons (Fsp3) is 0.364. The molecule has 0 saturated carbocycles. The van der Waals surface area contributed by atoms with Gasteiger partial charge in [0.1, 0.15) is 5.76 Å². The van der Waals surface area contributed by atoms with Crippen LogP contribution in [0.4, 0.5) is 19.0 Å². The normalized spacial score (nSPS) is 11.6. The van der Waals surface area contributed by atoms with Crippen LogP contribution in [0.25, 0.3) is 0 Å². The van der Waals surface area contributed by atoms with E-state index in [0.717, 1.165) is 10.7 Å². The first kappa shape index (κ1) is 14.1. The molecule has 0 aliphatic rings. The molecule has 2 aromatic heterocycles. The topological polar surface area (TPSA) is 73.0 Å². The van der Waals surface area contributed by atoms with Crippen molar-refractivity contribution in [3.63, 3.8) is 0 Å². The zero-order valence-corrected chi connectivity index (χ0v) is 10.4. The number of alkyl halides is 3. The van der Waals surface area contributed by atoms with Gasteiger partial charge in [0.05, 0.1) is 0 Å². The molecule has 0 saturated heterocycles. The van der Waals surface area contributed by atoms with Gasteiger partial charge in [0.25, 0.3) is 0 Å². The molecule has 0 fully saturated rings. The number of hydrogen-bond acceptors (Lipinski definition) is 4. The Morgan fingerprint density at radius 2 is 2.25 bits per heavy atom. The molecule has 20 heavy (non-hydrogen) atoms. The predicted octanol–water partition coefficient (Wildman–Crippen LogP) is 2.23. The van der Waals surface area contributed by atoms with Crippen LogP contribution in [0.5, 0.6) is 0 Å². The van der Waals surface area contributed by atoms with Gasteiger partial charge in [-0.15, -0.1) is 0 Å². The molecule has 0 atom stereocenters. The first-order valence-corrected chi connectivity index (χ1v) is 5.68. The highest BCUT2D eigenvalue weighted by Crippen LogP contribution is 2.27. The molecule has 1 N–H and O–H groups in total. The average Bonchev–Trinajstić information content (AvgIpc) is 2.95. The number of aromatic nitrogens is 3. The molecule has 0 unspecified atom stereocenters. The fourth-order valence-electron chi connectivity index (χ4n) is 1.48. The summed E-state index contributed by atoms with van der Waals surface area (Å²) in [5.74, 6) is 0.425. The largest absolute Gasteiger partial charge is 0.435 e. The summed E-state index contributed by atoms with van der Waals surface area (Å²) < 4.78 is 42.8. The van der Waals surface area contributed by atoms with Crippen LogP contribution in [0.2, 0.25) is 0 Å². The zero-order valence-electron chi connectivity index (χ0n) is 10.4. The van der Waals surface area contributed by atoms with Gasteiger partial charge in [0.2, 0.25) is 5.91 Å². The second-order valence-corrected chi connectivity index (χ2v) is 4.08. The fourth-order valence-corrected chi connectivity index (χ4v) is 1.48. The second kappa shape index (κ2) is 5.35. The van der Waals surface area contributed by atoms with E-state index >= 15 is 0 Å². The van der Waals surface area contributed by atoms with Crippen molar-refractivity contribution < 1.29 is 22.5 Å². The predicted molar refractivity (Wildman–Crippen MR) is 61.7 cm³/mol. The monoisotopic (exact) mass is 288 g/mol. The number of carbonyl (C=O) groups excluding carboxylic acids is 1. The van der Waals surface area contributed by atoms with E-state index in [9.17, 15) is 18.0 Å². The summed E-state index contributed by atoms with van der Waals surface area (Å²) in [6.45, 7) is 1.71. The summed E-state index contributed by atoms with van der Waals surface area (Å²) in [6, 6.07) is 2.40. The number of hydrogen-bond donors (Lipinski definition) is 1. The maximum Gasteiger partial charge on any atom is 0.435 e. The third kappa shape index (κ3) is 3.59. The molecule has 6 nitrogen and oxygen atoms in total. The van der Waals surface area contributed by atoms with Crippen molar-refractivity contribution in [2.75, 3.05) is 5.32 Å². The van der Waals surface area contributed by atoms with Gasteiger partial charge in [-0.1, -0.05) is 5.16 Å². The molecule has 1 amide bonds. The smallest absolute Gasteiger partial charge is 0.360 e. The highest BCUT2D eigenvalue weighted by atomic mass is 19.4. The lowest BCUT2D eigenvalue weighted by Crippen LogP contribution is -2.15. The van der Waals surface area contributed by atoms with E-state index in [2.05, 4.69) is 15.6 Å². The molecule has 9 heteroatoms. The van der Waals surface area contributed by atoms with E-state index in [1.165, 1.54) is 12.3 Å². The molecular weight excluding hydrogens is 277 g/mol. The van der Waals surface area contributed by atoms with Crippen LogP contribution in [0, 0.1) is 6.92 Å². The Labute approximate surface area is 111 Å². The first-order valence-electron chi connectivity index (χ1n) is 5.68. The number of nitrogens with one attached hydrogen (secondary N) is 1. The van der Waals surface area contributed by atoms with Crippen molar-refractivity contribution in [1.82, 2.24) is 14.9 Å². The van der Waals surface area contributed by atoms with E-state index in [1.807, 2.05) is 0 Å². The Balaban J connectivity index is 1.86. The van der Waals surface area contributed by atoms with Crippen LogP contribution >= 0.6 is 0 Å². The number of aryl methyl sites for hydroxylation is 2. The van der Waals surface area contributed by atoms with Crippen LogP contribution in [-0.4, -0.2) is 20.8 Å². The van der Waals surface area contributed by atoms with Gasteiger partial charge in [-0.05, 0) is 13.0 Å². The van der Waals surface area contributed by atoms with Gasteiger partial charge in [0, 0.05) is 25.2 Å². The first-order chi connectivity index (χ1) is 9.34. The zero-order chi connectivity index (χ0) is 14.8. The molecule has 0 aliphatic heterocycles. The van der Waals surface area contributed by atoms with Gasteiger partial charge < -0.3 is 9.84 Å². The molecule has 0 spiro atoms. The number of amides is 1. The summed E-state index contributed by atoms with van der Waals surface area (Å²) >= 11 is 0. The Morgan fingerprint density at radius 3 is 2.80 bits per heavy atom. The molecule has 108 valence electrons. The molecule has 2 rings (SSSR count). The van der Waals surface area contributed by atoms with Crippen molar-refractivity contribution in [2.45, 2.75) is 26.1 Å². The van der Waals surface area contributed by atoms with Crippen molar-refractivity contribution in [3.05, 3.63) is 29.8 Å². The van der Waals surface area contributed by atoms with Gasteiger partial charge in [-0.2, -0.15) is 18.3 Å². The third-order valence-electron chi connectivity index (χ3n) is 2.39. The molecule has 0 aromatic carbocycles. The van der Waals surface area contributed by atoms with Crippen LogP contribution < -0.4 is 5.32 Å². The quantitative estimate of drug-likeness (QED) is 0.936. The van der Waals surface area contributed by atoms with E-state index in [0.29, 0.717) is 5.76 Å². The average molecular weight is 288 g/mol. The number of carbonyl (C=O) groups is 1. The van der Waals surface area contributed by atoms with Crippen LogP contribution in [-0.2, 0) is 17.5 Å². The number of nitrogens with zero attached hydrogens (tertiary/aromatic N) is 3. The van der Waals surface area contributed by atoms with E-state index in [1.54, 1.807) is 6.92 Å². The third-order valence-corrected chi connectivity index (χ3v) is 2.39. The van der Waals surface area contributed by atoms with Gasteiger partial charge in [0.15, 0.2) is 11.5 Å². The van der Waals surface area contributed by atoms with Crippen molar-refractivity contribution in [2.24, 2.45) is 0 Å². The SMILES string of the molecule is Cc1cc(NC(=O)CCn2ccc(C(F)(F)F)n2)no1. The standard InChI is InChI=1S/C11H11F3N4O2/c1-7-6-9(17-20-7)15-10(19)3-5-18-4-2-8(16-18)11(12,13)14/h2,4,6H,3,5H2,1H3,(H,15,17,19). The lowest BCUT2D eigenvalue weighted by atomic mass is 10.4. The molecular formula is C11H11F3N4O2. The number of rotatable bonds is 4. The van der Waals surface area contributed by atoms with Crippen LogP contribution in [0.15, 0.2) is 22.9 Å². The highest BCUT2D eigenvalue weighted by Gasteiger charge is 2.33. The minimum atomic E-state index is -4.48. The Bertz CT molecular complexity index is 603. The molecule has 0 bridgehead atoms. The lowest BCUT2D eigenvalue weighted by molar-refractivity contribution is -0.141. The summed E-state index contributed by atoms with van der Waals surface area (Å²) in [5.41, 5.74) is -0.981. The summed E-state index contributed by atoms with van der Waals surface area (Å²) in [4.78, 5) is 11.5. The van der Waals surface area contributed by atoms with Gasteiger partial charge in [-0.25, -0.2) is 0 Å². The lowest BCUT2D eigenvalue weighted by Gasteiger charge is -2.03. The number of anilines is 1. The van der Waals surface area contributed by atoms with Crippen molar-refractivity contribution >= 4 is 11.7 Å². The molecule has 0 aliphatic carbocycles. The maximum atomic E-state index is 12.3. The van der Waals surface area contributed by atoms with E-state index < -0.39 is 11.9 Å². The van der Waals surface area contributed by atoms with Gasteiger partial charge >= 0.3 is 6.18 Å². The van der Waals surface area contributed by atoms with E-state index in [-0.39, 0.29) is 24.7 Å². The summed E-state index contributed by atoms with van der Waals surface area (Å²) in [6.07, 6.45) is -3.33. The summed E-state index contributed by atoms with van der Waals surface area (Å²) in [7, 11) is 0. The molecule has 0 radical (unpaired) electrons. The minimum Gasteiger partial charge on any atom is -0.360 e. The Morgan fingerprint density at radius 1 is 1.50 bits per heavy atom.